The van der Waals surface area contributed by atoms with E-state index in [9.17, 15) is 0 Å². The highest BCUT2D eigenvalue weighted by Crippen LogP contribution is 2.46. The van der Waals surface area contributed by atoms with Gasteiger partial charge in [0.15, 0.2) is 0 Å². The molecule has 10 aromatic rings. The van der Waals surface area contributed by atoms with E-state index in [0.717, 1.165) is 11.4 Å². The molecule has 0 N–H and O–H groups in total. The van der Waals surface area contributed by atoms with Crippen molar-refractivity contribution in [3.8, 4) is 22.3 Å². The van der Waals surface area contributed by atoms with Crippen LogP contribution in [0.15, 0.2) is 188 Å². The Bertz CT molecular complexity index is 2870. The topological polar surface area (TPSA) is 3.24 Å². The molecular weight excluding hydrogens is 623 g/mol. The van der Waals surface area contributed by atoms with Gasteiger partial charge in [0.1, 0.15) is 0 Å². The predicted octanol–water partition coefficient (Wildman–Crippen LogP) is 14.3. The summed E-state index contributed by atoms with van der Waals surface area (Å²) in [6.07, 6.45) is 0. The molecule has 0 saturated heterocycles. The summed E-state index contributed by atoms with van der Waals surface area (Å²) in [5.41, 5.74) is 8.32. The first-order valence-corrected chi connectivity index (χ1v) is 17.9. The third-order valence-electron chi connectivity index (χ3n) is 10.0. The van der Waals surface area contributed by atoms with E-state index in [1.807, 2.05) is 11.3 Å². The van der Waals surface area contributed by atoms with Crippen LogP contribution in [0.4, 0.5) is 17.1 Å². The van der Waals surface area contributed by atoms with Crippen molar-refractivity contribution < 1.29 is 0 Å². The van der Waals surface area contributed by atoms with Crippen LogP contribution in [0, 0.1) is 0 Å². The van der Waals surface area contributed by atoms with E-state index in [1.165, 1.54) is 80.4 Å². The van der Waals surface area contributed by atoms with Crippen LogP contribution in [-0.4, -0.2) is 0 Å². The molecule has 0 aliphatic heterocycles. The van der Waals surface area contributed by atoms with Crippen molar-refractivity contribution >= 4 is 80.9 Å². The van der Waals surface area contributed by atoms with Crippen LogP contribution in [0.5, 0.6) is 0 Å². The maximum absolute atomic E-state index is 2.45. The van der Waals surface area contributed by atoms with Crippen molar-refractivity contribution in [3.05, 3.63) is 188 Å². The third kappa shape index (κ3) is 4.69. The van der Waals surface area contributed by atoms with E-state index in [-0.39, 0.29) is 0 Å². The van der Waals surface area contributed by atoms with Crippen LogP contribution in [-0.2, 0) is 0 Å². The van der Waals surface area contributed by atoms with E-state index in [0.29, 0.717) is 0 Å². The second kappa shape index (κ2) is 11.7. The van der Waals surface area contributed by atoms with Crippen molar-refractivity contribution in [2.45, 2.75) is 0 Å². The van der Waals surface area contributed by atoms with Gasteiger partial charge in [-0.1, -0.05) is 140 Å². The molecule has 10 rings (SSSR count). The fourth-order valence-corrected chi connectivity index (χ4v) is 8.87. The fraction of sp³-hybridized carbons (Fsp3) is 0. The summed E-state index contributed by atoms with van der Waals surface area (Å²) in [6, 6.07) is 68.8. The molecule has 234 valence electrons. The number of hydrogen-bond acceptors (Lipinski definition) is 2. The molecule has 0 unspecified atom stereocenters. The molecule has 0 aliphatic carbocycles. The van der Waals surface area contributed by atoms with Crippen molar-refractivity contribution in [1.29, 1.82) is 0 Å². The molecule has 1 heterocycles. The zero-order valence-electron chi connectivity index (χ0n) is 27.3. The monoisotopic (exact) mass is 653 g/mol. The van der Waals surface area contributed by atoms with Crippen LogP contribution >= 0.6 is 11.3 Å². The average molecular weight is 654 g/mol. The van der Waals surface area contributed by atoms with E-state index in [1.54, 1.807) is 0 Å². The summed E-state index contributed by atoms with van der Waals surface area (Å²) < 4.78 is 2.59. The molecule has 1 aromatic heterocycles. The molecule has 0 spiro atoms. The zero-order chi connectivity index (χ0) is 33.0. The minimum absolute atomic E-state index is 1.12. The number of nitrogens with zero attached hydrogens (tertiary/aromatic N) is 1. The molecule has 0 amide bonds. The van der Waals surface area contributed by atoms with Crippen LogP contribution in [0.2, 0.25) is 0 Å². The Balaban J connectivity index is 1.19. The number of hydrogen-bond donors (Lipinski definition) is 0. The summed E-state index contributed by atoms with van der Waals surface area (Å²) in [7, 11) is 0. The van der Waals surface area contributed by atoms with Crippen molar-refractivity contribution in [2.24, 2.45) is 0 Å². The van der Waals surface area contributed by atoms with Gasteiger partial charge in [-0.3, -0.25) is 0 Å². The molecule has 0 saturated carbocycles. The van der Waals surface area contributed by atoms with Crippen LogP contribution in [0.25, 0.3) is 74.7 Å². The van der Waals surface area contributed by atoms with Gasteiger partial charge in [-0.15, -0.1) is 11.3 Å². The fourth-order valence-electron chi connectivity index (χ4n) is 7.74. The second-order valence-electron chi connectivity index (χ2n) is 12.9. The molecule has 0 fully saturated rings. The van der Waals surface area contributed by atoms with Gasteiger partial charge in [-0.2, -0.15) is 0 Å². The van der Waals surface area contributed by atoms with E-state index in [4.69, 9.17) is 0 Å². The Hall–Kier alpha value is -6.22. The molecule has 0 aliphatic rings. The van der Waals surface area contributed by atoms with Crippen LogP contribution < -0.4 is 4.90 Å². The zero-order valence-corrected chi connectivity index (χ0v) is 28.1. The minimum atomic E-state index is 1.12. The number of benzene rings is 9. The summed E-state index contributed by atoms with van der Waals surface area (Å²) in [5.74, 6) is 0. The maximum atomic E-state index is 2.45. The molecule has 0 radical (unpaired) electrons. The average Bonchev–Trinajstić information content (AvgIpc) is 3.57. The number of thiophene rings is 1. The molecule has 1 nitrogen and oxygen atoms in total. The van der Waals surface area contributed by atoms with Gasteiger partial charge in [0, 0.05) is 31.5 Å². The highest BCUT2D eigenvalue weighted by Gasteiger charge is 2.20. The highest BCUT2D eigenvalue weighted by molar-refractivity contribution is 7.26. The lowest BCUT2D eigenvalue weighted by Gasteiger charge is -2.27. The largest absolute Gasteiger partial charge is 0.310 e. The predicted molar refractivity (Wildman–Crippen MR) is 217 cm³/mol. The first-order chi connectivity index (χ1) is 24.8. The Morgan fingerprint density at radius 2 is 0.980 bits per heavy atom. The van der Waals surface area contributed by atoms with E-state index in [2.05, 4.69) is 193 Å². The number of anilines is 3. The normalized spacial score (nSPS) is 11.6. The summed E-state index contributed by atoms with van der Waals surface area (Å²) >= 11 is 1.86. The first-order valence-electron chi connectivity index (χ1n) is 17.1. The summed E-state index contributed by atoms with van der Waals surface area (Å²) in [5, 5.41) is 10.2. The molecule has 0 atom stereocenters. The Labute approximate surface area is 294 Å². The molecule has 50 heavy (non-hydrogen) atoms. The van der Waals surface area contributed by atoms with Crippen LogP contribution in [0.3, 0.4) is 0 Å². The van der Waals surface area contributed by atoms with E-state index < -0.39 is 0 Å². The lowest BCUT2D eigenvalue weighted by molar-refractivity contribution is 1.30. The summed E-state index contributed by atoms with van der Waals surface area (Å²) in [4.78, 5) is 2.45. The Kier molecular flexibility index (Phi) is 6.75. The third-order valence-corrected chi connectivity index (χ3v) is 11.2. The number of fused-ring (bicyclic) bond motifs is 7. The quantitative estimate of drug-likeness (QED) is 0.167. The van der Waals surface area contributed by atoms with Gasteiger partial charge < -0.3 is 4.90 Å². The highest BCUT2D eigenvalue weighted by atomic mass is 32.1. The molecule has 2 heteroatoms. The van der Waals surface area contributed by atoms with Gasteiger partial charge in [-0.25, -0.2) is 0 Å². The summed E-state index contributed by atoms with van der Waals surface area (Å²) in [6.45, 7) is 0. The molecule has 0 bridgehead atoms. The van der Waals surface area contributed by atoms with Gasteiger partial charge in [-0.05, 0) is 103 Å². The lowest BCUT2D eigenvalue weighted by Crippen LogP contribution is -2.10. The number of rotatable bonds is 5. The standard InChI is InChI=1S/C48H31NS/c1-3-17-38-32(12-1)14-10-22-39(38)33-26-28-36(29-27-33)49(45-23-11-25-47-48(45)43-21-7-8-24-46(43)50-47)37-16-9-15-34(30-37)44-31-35-13-2-4-18-40(35)41-19-5-6-20-42(41)44/h1-31H. The molecule has 9 aromatic carbocycles. The van der Waals surface area contributed by atoms with Crippen LogP contribution in [0.1, 0.15) is 0 Å². The maximum Gasteiger partial charge on any atom is 0.0554 e. The van der Waals surface area contributed by atoms with Crippen molar-refractivity contribution in [3.63, 3.8) is 0 Å². The van der Waals surface area contributed by atoms with Crippen molar-refractivity contribution in [2.75, 3.05) is 4.90 Å². The molecular formula is C48H31NS. The minimum Gasteiger partial charge on any atom is -0.310 e. The SMILES string of the molecule is c1cc(-c2cc3ccccc3c3ccccc23)cc(N(c2ccc(-c3cccc4ccccc34)cc2)c2cccc3sc4ccccc4c23)c1. The van der Waals surface area contributed by atoms with Gasteiger partial charge in [0.05, 0.1) is 5.69 Å². The van der Waals surface area contributed by atoms with Crippen molar-refractivity contribution in [1.82, 2.24) is 0 Å². The van der Waals surface area contributed by atoms with Gasteiger partial charge in [0.25, 0.3) is 0 Å². The first kappa shape index (κ1) is 28.8. The van der Waals surface area contributed by atoms with E-state index >= 15 is 0 Å². The lowest BCUT2D eigenvalue weighted by atomic mass is 9.93. The van der Waals surface area contributed by atoms with Gasteiger partial charge >= 0.3 is 0 Å². The second-order valence-corrected chi connectivity index (χ2v) is 14.0. The van der Waals surface area contributed by atoms with Gasteiger partial charge in [0.2, 0.25) is 0 Å². The Morgan fingerprint density at radius 1 is 0.340 bits per heavy atom. The smallest absolute Gasteiger partial charge is 0.0554 e. The Morgan fingerprint density at radius 3 is 1.84 bits per heavy atom.